The molecular formula is C11H8N4S. The van der Waals surface area contributed by atoms with Gasteiger partial charge in [-0.25, -0.2) is 9.97 Å². The minimum Gasteiger partial charge on any atom is -0.263 e. The van der Waals surface area contributed by atoms with Crippen molar-refractivity contribution < 1.29 is 0 Å². The minimum atomic E-state index is 0.588. The first-order valence-corrected chi connectivity index (χ1v) is 5.43. The molecule has 16 heavy (non-hydrogen) atoms. The molecule has 0 radical (unpaired) electrons. The van der Waals surface area contributed by atoms with Crippen LogP contribution in [-0.2, 0) is 0 Å². The lowest BCUT2D eigenvalue weighted by atomic mass is 10.3. The van der Waals surface area contributed by atoms with Gasteiger partial charge in [-0.15, -0.1) is 0 Å². The largest absolute Gasteiger partial charge is 0.263 e. The SMILES string of the molecule is Cc1ccnc(Sc2cnccc2C#N)n1. The van der Waals surface area contributed by atoms with Gasteiger partial charge in [-0.3, -0.25) is 4.98 Å². The van der Waals surface area contributed by atoms with E-state index < -0.39 is 0 Å². The van der Waals surface area contributed by atoms with Gasteiger partial charge in [-0.05, 0) is 30.8 Å². The van der Waals surface area contributed by atoms with E-state index in [0.717, 1.165) is 10.6 Å². The van der Waals surface area contributed by atoms with Crippen molar-refractivity contribution in [2.75, 3.05) is 0 Å². The Balaban J connectivity index is 2.31. The molecule has 0 unspecified atom stereocenters. The van der Waals surface area contributed by atoms with Crippen molar-refractivity contribution in [3.8, 4) is 6.07 Å². The fourth-order valence-corrected chi connectivity index (χ4v) is 1.96. The van der Waals surface area contributed by atoms with Crippen LogP contribution >= 0.6 is 11.8 Å². The van der Waals surface area contributed by atoms with Crippen molar-refractivity contribution in [2.24, 2.45) is 0 Å². The third kappa shape index (κ3) is 2.35. The molecule has 0 spiro atoms. The zero-order valence-corrected chi connectivity index (χ0v) is 9.40. The summed E-state index contributed by atoms with van der Waals surface area (Å²) < 4.78 is 0. The van der Waals surface area contributed by atoms with Gasteiger partial charge in [0, 0.05) is 24.3 Å². The van der Waals surface area contributed by atoms with Crippen LogP contribution in [-0.4, -0.2) is 15.0 Å². The highest BCUT2D eigenvalue weighted by Crippen LogP contribution is 2.26. The molecule has 0 aromatic carbocycles. The molecule has 0 atom stereocenters. The molecule has 4 nitrogen and oxygen atoms in total. The third-order valence-electron chi connectivity index (χ3n) is 1.88. The van der Waals surface area contributed by atoms with E-state index in [1.165, 1.54) is 11.8 Å². The van der Waals surface area contributed by atoms with E-state index >= 15 is 0 Å². The molecule has 0 amide bonds. The minimum absolute atomic E-state index is 0.588. The lowest BCUT2D eigenvalue weighted by Gasteiger charge is -2.01. The fraction of sp³-hybridized carbons (Fsp3) is 0.0909. The number of nitrogens with zero attached hydrogens (tertiary/aromatic N) is 4. The van der Waals surface area contributed by atoms with E-state index in [1.54, 1.807) is 24.7 Å². The zero-order valence-electron chi connectivity index (χ0n) is 8.58. The van der Waals surface area contributed by atoms with Crippen molar-refractivity contribution >= 4 is 11.8 Å². The zero-order chi connectivity index (χ0) is 11.4. The molecule has 0 N–H and O–H groups in total. The van der Waals surface area contributed by atoms with Crippen LogP contribution in [0.2, 0.25) is 0 Å². The van der Waals surface area contributed by atoms with Crippen LogP contribution in [0.3, 0.4) is 0 Å². The summed E-state index contributed by atoms with van der Waals surface area (Å²) >= 11 is 1.35. The van der Waals surface area contributed by atoms with Gasteiger partial charge in [0.2, 0.25) is 0 Å². The van der Waals surface area contributed by atoms with Crippen LogP contribution in [0.5, 0.6) is 0 Å². The first-order chi connectivity index (χ1) is 7.79. The van der Waals surface area contributed by atoms with Gasteiger partial charge >= 0.3 is 0 Å². The average molecular weight is 228 g/mol. The fourth-order valence-electron chi connectivity index (χ4n) is 1.13. The molecular weight excluding hydrogens is 220 g/mol. The predicted molar refractivity (Wildman–Crippen MR) is 59.8 cm³/mol. The van der Waals surface area contributed by atoms with Crippen molar-refractivity contribution in [3.63, 3.8) is 0 Å². The van der Waals surface area contributed by atoms with E-state index in [2.05, 4.69) is 21.0 Å². The standard InChI is InChI=1S/C11H8N4S/c1-8-2-5-14-11(15-8)16-10-7-13-4-3-9(10)6-12/h2-5,7H,1H3. The summed E-state index contributed by atoms with van der Waals surface area (Å²) in [7, 11) is 0. The van der Waals surface area contributed by atoms with E-state index in [4.69, 9.17) is 5.26 Å². The Morgan fingerprint density at radius 3 is 2.94 bits per heavy atom. The summed E-state index contributed by atoms with van der Waals surface area (Å²) in [5.41, 5.74) is 1.49. The summed E-state index contributed by atoms with van der Waals surface area (Å²) in [6.45, 7) is 1.90. The highest BCUT2D eigenvalue weighted by atomic mass is 32.2. The van der Waals surface area contributed by atoms with Gasteiger partial charge in [0.15, 0.2) is 5.16 Å². The molecule has 2 heterocycles. The van der Waals surface area contributed by atoms with Gasteiger partial charge in [-0.1, -0.05) is 0 Å². The van der Waals surface area contributed by atoms with E-state index in [0.29, 0.717) is 10.7 Å². The summed E-state index contributed by atoms with van der Waals surface area (Å²) in [5.74, 6) is 0. The maximum Gasteiger partial charge on any atom is 0.192 e. The van der Waals surface area contributed by atoms with Crippen LogP contribution in [0.25, 0.3) is 0 Å². The summed E-state index contributed by atoms with van der Waals surface area (Å²) in [6.07, 6.45) is 4.95. The monoisotopic (exact) mass is 228 g/mol. The Morgan fingerprint density at radius 2 is 2.19 bits per heavy atom. The van der Waals surface area contributed by atoms with Crippen molar-refractivity contribution in [1.29, 1.82) is 5.26 Å². The van der Waals surface area contributed by atoms with Crippen LogP contribution in [0.4, 0.5) is 0 Å². The average Bonchev–Trinajstić information content (AvgIpc) is 2.30. The molecule has 5 heteroatoms. The number of pyridine rings is 1. The third-order valence-corrected chi connectivity index (χ3v) is 2.80. The Morgan fingerprint density at radius 1 is 1.31 bits per heavy atom. The lowest BCUT2D eigenvalue weighted by molar-refractivity contribution is 0.931. The molecule has 0 aliphatic heterocycles. The maximum absolute atomic E-state index is 8.92. The van der Waals surface area contributed by atoms with Crippen LogP contribution < -0.4 is 0 Å². The molecule has 0 fully saturated rings. The number of nitriles is 1. The van der Waals surface area contributed by atoms with Gasteiger partial charge in [0.05, 0.1) is 10.5 Å². The summed E-state index contributed by atoms with van der Waals surface area (Å²) in [5, 5.41) is 9.55. The molecule has 0 saturated carbocycles. The van der Waals surface area contributed by atoms with Crippen molar-refractivity contribution in [3.05, 3.63) is 42.0 Å². The van der Waals surface area contributed by atoms with Gasteiger partial charge < -0.3 is 0 Å². The van der Waals surface area contributed by atoms with Crippen molar-refractivity contribution in [2.45, 2.75) is 17.0 Å². The highest BCUT2D eigenvalue weighted by molar-refractivity contribution is 7.99. The predicted octanol–water partition coefficient (Wildman–Crippen LogP) is 2.20. The summed E-state index contributed by atoms with van der Waals surface area (Å²) in [4.78, 5) is 13.1. The van der Waals surface area contributed by atoms with Crippen molar-refractivity contribution in [1.82, 2.24) is 15.0 Å². The number of hydrogen-bond acceptors (Lipinski definition) is 5. The second-order valence-corrected chi connectivity index (χ2v) is 4.08. The first kappa shape index (κ1) is 10.6. The molecule has 2 aromatic heterocycles. The topological polar surface area (TPSA) is 62.5 Å². The molecule has 2 rings (SSSR count). The van der Waals surface area contributed by atoms with Gasteiger partial charge in [0.25, 0.3) is 0 Å². The van der Waals surface area contributed by atoms with E-state index in [1.807, 2.05) is 13.0 Å². The van der Waals surface area contributed by atoms with E-state index in [-0.39, 0.29) is 0 Å². The van der Waals surface area contributed by atoms with E-state index in [9.17, 15) is 0 Å². The summed E-state index contributed by atoms with van der Waals surface area (Å²) in [6, 6.07) is 5.62. The Bertz CT molecular complexity index is 548. The quantitative estimate of drug-likeness (QED) is 0.737. The molecule has 78 valence electrons. The Kier molecular flexibility index (Phi) is 3.13. The van der Waals surface area contributed by atoms with Gasteiger partial charge in [-0.2, -0.15) is 5.26 Å². The number of aromatic nitrogens is 3. The molecule has 2 aromatic rings. The molecule has 0 saturated heterocycles. The Hall–Kier alpha value is -1.93. The number of aryl methyl sites for hydroxylation is 1. The normalized spacial score (nSPS) is 9.75. The van der Waals surface area contributed by atoms with Crippen LogP contribution in [0.15, 0.2) is 40.8 Å². The molecule has 0 aliphatic rings. The second kappa shape index (κ2) is 4.73. The van der Waals surface area contributed by atoms with Gasteiger partial charge in [0.1, 0.15) is 6.07 Å². The maximum atomic E-state index is 8.92. The van der Waals surface area contributed by atoms with Crippen LogP contribution in [0, 0.1) is 18.3 Å². The Labute approximate surface area is 97.4 Å². The first-order valence-electron chi connectivity index (χ1n) is 4.61. The van der Waals surface area contributed by atoms with Crippen LogP contribution in [0.1, 0.15) is 11.3 Å². The highest BCUT2D eigenvalue weighted by Gasteiger charge is 2.05. The molecule has 0 aliphatic carbocycles. The lowest BCUT2D eigenvalue weighted by Crippen LogP contribution is -1.89. The number of hydrogen-bond donors (Lipinski definition) is 0. The number of rotatable bonds is 2. The second-order valence-electron chi connectivity index (χ2n) is 3.07. The smallest absolute Gasteiger partial charge is 0.192 e. The molecule has 0 bridgehead atoms.